The van der Waals surface area contributed by atoms with Crippen LogP contribution >= 0.6 is 11.6 Å². The molecule has 0 aliphatic heterocycles. The first-order valence-corrected chi connectivity index (χ1v) is 9.88. The zero-order chi connectivity index (χ0) is 20.7. The molecule has 0 saturated heterocycles. The van der Waals surface area contributed by atoms with Gasteiger partial charge in [-0.3, -0.25) is 4.99 Å². The Hall–Kier alpha value is -3.63. The van der Waals surface area contributed by atoms with Gasteiger partial charge in [-0.25, -0.2) is 4.98 Å². The highest BCUT2D eigenvalue weighted by Gasteiger charge is 2.13. The van der Waals surface area contributed by atoms with Crippen molar-refractivity contribution in [2.45, 2.75) is 6.92 Å². The number of aryl methyl sites for hydroxylation is 1. The summed E-state index contributed by atoms with van der Waals surface area (Å²) in [6, 6.07) is 22.7. The van der Waals surface area contributed by atoms with Gasteiger partial charge in [0.05, 0.1) is 16.3 Å². The number of fused-ring (bicyclic) bond motifs is 2. The molecule has 1 heterocycles. The lowest BCUT2D eigenvalue weighted by Gasteiger charge is -2.05. The fourth-order valence-electron chi connectivity index (χ4n) is 3.47. The van der Waals surface area contributed by atoms with Crippen molar-refractivity contribution in [1.82, 2.24) is 4.98 Å². The van der Waals surface area contributed by atoms with Crippen molar-refractivity contribution in [3.63, 3.8) is 0 Å². The van der Waals surface area contributed by atoms with Gasteiger partial charge in [-0.05, 0) is 59.7 Å². The summed E-state index contributed by atoms with van der Waals surface area (Å²) in [7, 11) is 0. The molecule has 0 radical (unpaired) electrons. The summed E-state index contributed by atoms with van der Waals surface area (Å²) in [5, 5.41) is 12.8. The number of aromatic nitrogens is 1. The highest BCUT2D eigenvalue weighted by molar-refractivity contribution is 6.33. The summed E-state index contributed by atoms with van der Waals surface area (Å²) in [6.07, 6.45) is 1.67. The molecule has 0 atom stereocenters. The van der Waals surface area contributed by atoms with E-state index in [0.29, 0.717) is 33.3 Å². The van der Waals surface area contributed by atoms with Crippen molar-refractivity contribution in [3.8, 4) is 17.2 Å². The second-order valence-corrected chi connectivity index (χ2v) is 7.54. The number of oxazole rings is 1. The van der Waals surface area contributed by atoms with Crippen LogP contribution in [0.15, 0.2) is 82.2 Å². The molecular formula is C25H17ClN2O2. The number of nitrogens with zero attached hydrogens (tertiary/aromatic N) is 2. The average molecular weight is 413 g/mol. The molecule has 0 saturated carbocycles. The van der Waals surface area contributed by atoms with Gasteiger partial charge in [0.1, 0.15) is 11.3 Å². The van der Waals surface area contributed by atoms with Crippen molar-refractivity contribution in [2.75, 3.05) is 0 Å². The minimum absolute atomic E-state index is 0.181. The quantitative estimate of drug-likeness (QED) is 0.322. The predicted molar refractivity (Wildman–Crippen MR) is 122 cm³/mol. The van der Waals surface area contributed by atoms with Gasteiger partial charge in [-0.1, -0.05) is 48.0 Å². The lowest BCUT2D eigenvalue weighted by molar-refractivity contribution is 0.475. The topological polar surface area (TPSA) is 58.6 Å². The molecule has 0 fully saturated rings. The standard InChI is InChI=1S/C25H17ClN2O2/c1-15-6-11-24-22(12-15)28-25(30-24)19-13-17(8-9-21(19)26)27-14-20-18-5-3-2-4-16(18)7-10-23(20)29/h2-14,29H,1H3. The Kier molecular flexibility index (Phi) is 4.49. The Bertz CT molecular complexity index is 1440. The van der Waals surface area contributed by atoms with Crippen molar-refractivity contribution in [1.29, 1.82) is 0 Å². The van der Waals surface area contributed by atoms with E-state index in [9.17, 15) is 5.11 Å². The zero-order valence-corrected chi connectivity index (χ0v) is 16.9. The van der Waals surface area contributed by atoms with Gasteiger partial charge in [0.2, 0.25) is 5.89 Å². The molecule has 146 valence electrons. The van der Waals surface area contributed by atoms with Crippen LogP contribution in [0.2, 0.25) is 5.02 Å². The molecule has 0 unspecified atom stereocenters. The van der Waals surface area contributed by atoms with E-state index in [4.69, 9.17) is 16.0 Å². The molecule has 0 aliphatic carbocycles. The van der Waals surface area contributed by atoms with Crippen LogP contribution in [0.4, 0.5) is 5.69 Å². The number of halogens is 1. The second kappa shape index (κ2) is 7.32. The maximum atomic E-state index is 10.3. The minimum Gasteiger partial charge on any atom is -0.507 e. The molecule has 4 nitrogen and oxygen atoms in total. The molecule has 1 aromatic heterocycles. The lowest BCUT2D eigenvalue weighted by atomic mass is 10.0. The lowest BCUT2D eigenvalue weighted by Crippen LogP contribution is -1.86. The zero-order valence-electron chi connectivity index (χ0n) is 16.1. The van der Waals surface area contributed by atoms with Gasteiger partial charge in [-0.15, -0.1) is 0 Å². The Morgan fingerprint density at radius 3 is 2.77 bits per heavy atom. The Morgan fingerprint density at radius 2 is 1.87 bits per heavy atom. The van der Waals surface area contributed by atoms with E-state index in [-0.39, 0.29) is 5.75 Å². The second-order valence-electron chi connectivity index (χ2n) is 7.13. The van der Waals surface area contributed by atoms with Crippen LogP contribution in [0.1, 0.15) is 11.1 Å². The van der Waals surface area contributed by atoms with E-state index < -0.39 is 0 Å². The van der Waals surface area contributed by atoms with Gasteiger partial charge in [0.15, 0.2) is 5.58 Å². The molecule has 0 amide bonds. The largest absolute Gasteiger partial charge is 0.507 e. The third kappa shape index (κ3) is 3.31. The first-order valence-electron chi connectivity index (χ1n) is 9.50. The molecule has 0 aliphatic rings. The number of benzene rings is 4. The molecule has 30 heavy (non-hydrogen) atoms. The van der Waals surface area contributed by atoms with Gasteiger partial charge >= 0.3 is 0 Å². The number of hydrogen-bond acceptors (Lipinski definition) is 4. The minimum atomic E-state index is 0.181. The van der Waals surface area contributed by atoms with Crippen LogP contribution in [0.25, 0.3) is 33.3 Å². The number of aliphatic imine (C=N–C) groups is 1. The first-order chi connectivity index (χ1) is 14.6. The van der Waals surface area contributed by atoms with E-state index in [0.717, 1.165) is 21.9 Å². The molecule has 5 aromatic rings. The third-order valence-corrected chi connectivity index (χ3v) is 5.34. The Balaban J connectivity index is 1.56. The SMILES string of the molecule is Cc1ccc2oc(-c3cc(N=Cc4c(O)ccc5ccccc45)ccc3Cl)nc2c1. The summed E-state index contributed by atoms with van der Waals surface area (Å²) in [5.74, 6) is 0.631. The van der Waals surface area contributed by atoms with Crippen LogP contribution in [-0.4, -0.2) is 16.3 Å². The van der Waals surface area contributed by atoms with E-state index in [1.807, 2.05) is 67.6 Å². The maximum Gasteiger partial charge on any atom is 0.228 e. The first kappa shape index (κ1) is 18.4. The van der Waals surface area contributed by atoms with Crippen molar-refractivity contribution >= 4 is 45.4 Å². The molecule has 5 rings (SSSR count). The van der Waals surface area contributed by atoms with E-state index in [1.165, 1.54) is 0 Å². The number of phenolic OH excluding ortho intramolecular Hbond substituents is 1. The number of aromatic hydroxyl groups is 1. The number of rotatable bonds is 3. The fourth-order valence-corrected chi connectivity index (χ4v) is 3.67. The van der Waals surface area contributed by atoms with E-state index >= 15 is 0 Å². The van der Waals surface area contributed by atoms with Crippen LogP contribution in [0, 0.1) is 6.92 Å². The number of phenols is 1. The van der Waals surface area contributed by atoms with E-state index in [2.05, 4.69) is 9.98 Å². The van der Waals surface area contributed by atoms with Crippen LogP contribution in [-0.2, 0) is 0 Å². The summed E-state index contributed by atoms with van der Waals surface area (Å²) < 4.78 is 5.90. The van der Waals surface area contributed by atoms with Crippen molar-refractivity contribution < 1.29 is 9.52 Å². The Labute approximate surface area is 178 Å². The normalized spacial score (nSPS) is 11.7. The smallest absolute Gasteiger partial charge is 0.228 e. The van der Waals surface area contributed by atoms with Gasteiger partial charge < -0.3 is 9.52 Å². The molecular weight excluding hydrogens is 396 g/mol. The highest BCUT2D eigenvalue weighted by atomic mass is 35.5. The van der Waals surface area contributed by atoms with Crippen LogP contribution in [0.5, 0.6) is 5.75 Å². The van der Waals surface area contributed by atoms with Gasteiger partial charge in [0, 0.05) is 11.8 Å². The predicted octanol–water partition coefficient (Wildman–Crippen LogP) is 7.07. The summed E-state index contributed by atoms with van der Waals surface area (Å²) in [5.41, 5.74) is 4.63. The monoisotopic (exact) mass is 412 g/mol. The summed E-state index contributed by atoms with van der Waals surface area (Å²) in [4.78, 5) is 9.15. The van der Waals surface area contributed by atoms with E-state index in [1.54, 1.807) is 18.3 Å². The summed E-state index contributed by atoms with van der Waals surface area (Å²) in [6.45, 7) is 2.01. The molecule has 0 bridgehead atoms. The Morgan fingerprint density at radius 1 is 1.00 bits per heavy atom. The molecule has 1 N–H and O–H groups in total. The summed E-state index contributed by atoms with van der Waals surface area (Å²) >= 11 is 6.42. The molecule has 5 heteroatoms. The van der Waals surface area contributed by atoms with Crippen LogP contribution in [0.3, 0.4) is 0 Å². The number of hydrogen-bond donors (Lipinski definition) is 1. The molecule has 4 aromatic carbocycles. The van der Waals surface area contributed by atoms with Gasteiger partial charge in [-0.2, -0.15) is 0 Å². The van der Waals surface area contributed by atoms with Crippen LogP contribution < -0.4 is 0 Å². The highest BCUT2D eigenvalue weighted by Crippen LogP contribution is 2.34. The van der Waals surface area contributed by atoms with Crippen molar-refractivity contribution in [2.24, 2.45) is 4.99 Å². The maximum absolute atomic E-state index is 10.3. The third-order valence-electron chi connectivity index (χ3n) is 5.01. The molecule has 0 spiro atoms. The fraction of sp³-hybridized carbons (Fsp3) is 0.0400. The average Bonchev–Trinajstić information content (AvgIpc) is 3.17. The van der Waals surface area contributed by atoms with Crippen molar-refractivity contribution in [3.05, 3.63) is 88.9 Å². The van der Waals surface area contributed by atoms with Gasteiger partial charge in [0.25, 0.3) is 0 Å².